The zero-order valence-corrected chi connectivity index (χ0v) is 13.0. The van der Waals surface area contributed by atoms with E-state index in [2.05, 4.69) is 53.4 Å². The summed E-state index contributed by atoms with van der Waals surface area (Å²) in [5.74, 6) is 1.14. The SMILES string of the molecule is c1ccc(CN2CCC(Oc3cccc4c3CCC4)C2)cc1. The second-order valence-corrected chi connectivity index (χ2v) is 6.50. The number of benzene rings is 2. The van der Waals surface area contributed by atoms with Gasteiger partial charge in [0.15, 0.2) is 0 Å². The normalized spacial score (nSPS) is 21.0. The molecule has 4 rings (SSSR count). The van der Waals surface area contributed by atoms with Crippen LogP contribution in [0.2, 0.25) is 0 Å². The van der Waals surface area contributed by atoms with Crippen LogP contribution < -0.4 is 4.74 Å². The average Bonchev–Trinajstić information content (AvgIpc) is 3.18. The van der Waals surface area contributed by atoms with Crippen LogP contribution in [0.15, 0.2) is 48.5 Å². The van der Waals surface area contributed by atoms with Crippen LogP contribution in [0.1, 0.15) is 29.5 Å². The topological polar surface area (TPSA) is 12.5 Å². The number of hydrogen-bond acceptors (Lipinski definition) is 2. The molecule has 1 atom stereocenters. The fraction of sp³-hybridized carbons (Fsp3) is 0.400. The van der Waals surface area contributed by atoms with Crippen LogP contribution in [-0.4, -0.2) is 24.1 Å². The predicted molar refractivity (Wildman–Crippen MR) is 89.2 cm³/mol. The molecule has 0 N–H and O–H groups in total. The highest BCUT2D eigenvalue weighted by molar-refractivity contribution is 5.43. The van der Waals surface area contributed by atoms with Gasteiger partial charge in [0.05, 0.1) is 0 Å². The third-order valence-corrected chi connectivity index (χ3v) is 4.87. The molecular formula is C20H23NO. The molecule has 2 heteroatoms. The van der Waals surface area contributed by atoms with E-state index in [1.165, 1.54) is 36.0 Å². The van der Waals surface area contributed by atoms with Gasteiger partial charge in [-0.3, -0.25) is 4.90 Å². The van der Waals surface area contributed by atoms with E-state index in [9.17, 15) is 0 Å². The first-order valence-electron chi connectivity index (χ1n) is 8.42. The van der Waals surface area contributed by atoms with E-state index < -0.39 is 0 Å². The summed E-state index contributed by atoms with van der Waals surface area (Å²) in [6.45, 7) is 3.21. The van der Waals surface area contributed by atoms with Crippen molar-refractivity contribution in [2.45, 2.75) is 38.3 Å². The van der Waals surface area contributed by atoms with E-state index in [0.29, 0.717) is 6.10 Å². The molecule has 0 saturated carbocycles. The fourth-order valence-corrected chi connectivity index (χ4v) is 3.75. The molecule has 2 aromatic rings. The smallest absolute Gasteiger partial charge is 0.123 e. The summed E-state index contributed by atoms with van der Waals surface area (Å²) in [6.07, 6.45) is 5.16. The highest BCUT2D eigenvalue weighted by Gasteiger charge is 2.25. The van der Waals surface area contributed by atoms with Crippen LogP contribution >= 0.6 is 0 Å². The Balaban J connectivity index is 1.39. The Kier molecular flexibility index (Phi) is 3.86. The maximum Gasteiger partial charge on any atom is 0.123 e. The number of hydrogen-bond donors (Lipinski definition) is 0. The molecule has 1 heterocycles. The van der Waals surface area contributed by atoms with Gasteiger partial charge in [-0.05, 0) is 48.4 Å². The summed E-state index contributed by atoms with van der Waals surface area (Å²) in [4.78, 5) is 2.50. The number of fused-ring (bicyclic) bond motifs is 1. The molecule has 1 unspecified atom stereocenters. The van der Waals surface area contributed by atoms with E-state index >= 15 is 0 Å². The Hall–Kier alpha value is -1.80. The third-order valence-electron chi connectivity index (χ3n) is 4.87. The number of ether oxygens (including phenoxy) is 1. The van der Waals surface area contributed by atoms with Gasteiger partial charge in [0, 0.05) is 19.6 Å². The quantitative estimate of drug-likeness (QED) is 0.849. The monoisotopic (exact) mass is 293 g/mol. The molecule has 1 aliphatic heterocycles. The molecule has 114 valence electrons. The van der Waals surface area contributed by atoms with E-state index in [4.69, 9.17) is 4.74 Å². The Morgan fingerprint density at radius 3 is 2.82 bits per heavy atom. The lowest BCUT2D eigenvalue weighted by Crippen LogP contribution is -2.24. The van der Waals surface area contributed by atoms with Crippen LogP contribution in [0.5, 0.6) is 5.75 Å². The summed E-state index contributed by atoms with van der Waals surface area (Å²) in [6, 6.07) is 17.3. The number of aryl methyl sites for hydroxylation is 1. The number of rotatable bonds is 4. The van der Waals surface area contributed by atoms with Gasteiger partial charge in [-0.2, -0.15) is 0 Å². The van der Waals surface area contributed by atoms with E-state index in [1.54, 1.807) is 0 Å². The molecule has 0 amide bonds. The second-order valence-electron chi connectivity index (χ2n) is 6.50. The van der Waals surface area contributed by atoms with Crippen molar-refractivity contribution in [2.24, 2.45) is 0 Å². The van der Waals surface area contributed by atoms with E-state index in [1.807, 2.05) is 0 Å². The van der Waals surface area contributed by atoms with Gasteiger partial charge in [-0.15, -0.1) is 0 Å². The van der Waals surface area contributed by atoms with E-state index in [-0.39, 0.29) is 0 Å². The molecule has 1 fully saturated rings. The molecule has 0 bridgehead atoms. The van der Waals surface area contributed by atoms with Crippen LogP contribution in [-0.2, 0) is 19.4 Å². The predicted octanol–water partition coefficient (Wildman–Crippen LogP) is 3.83. The maximum atomic E-state index is 6.34. The Labute approximate surface area is 132 Å². The van der Waals surface area contributed by atoms with Gasteiger partial charge in [-0.1, -0.05) is 42.5 Å². The molecule has 1 aliphatic carbocycles. The molecule has 0 spiro atoms. The summed E-state index contributed by atoms with van der Waals surface area (Å²) in [5, 5.41) is 0. The minimum absolute atomic E-state index is 0.343. The standard InChI is InChI=1S/C20H23NO/c1-2-6-16(7-3-1)14-21-13-12-18(15-21)22-20-11-5-9-17-8-4-10-19(17)20/h1-3,5-7,9,11,18H,4,8,10,12-15H2. The first-order chi connectivity index (χ1) is 10.9. The molecular weight excluding hydrogens is 270 g/mol. The molecule has 0 radical (unpaired) electrons. The Bertz CT molecular complexity index is 637. The van der Waals surface area contributed by atoms with Crippen LogP contribution in [0.4, 0.5) is 0 Å². The highest BCUT2D eigenvalue weighted by Crippen LogP contribution is 2.32. The van der Waals surface area contributed by atoms with Crippen molar-refractivity contribution in [1.82, 2.24) is 4.90 Å². The van der Waals surface area contributed by atoms with Gasteiger partial charge >= 0.3 is 0 Å². The van der Waals surface area contributed by atoms with Crippen molar-refractivity contribution in [1.29, 1.82) is 0 Å². The second kappa shape index (κ2) is 6.13. The first kappa shape index (κ1) is 13.8. The minimum Gasteiger partial charge on any atom is -0.489 e. The lowest BCUT2D eigenvalue weighted by molar-refractivity contribution is 0.197. The van der Waals surface area contributed by atoms with Gasteiger partial charge in [-0.25, -0.2) is 0 Å². The van der Waals surface area contributed by atoms with Crippen LogP contribution in [0.25, 0.3) is 0 Å². The summed E-state index contributed by atoms with van der Waals surface area (Å²) in [5.41, 5.74) is 4.35. The molecule has 0 aromatic heterocycles. The molecule has 1 saturated heterocycles. The summed E-state index contributed by atoms with van der Waals surface area (Å²) < 4.78 is 6.34. The van der Waals surface area contributed by atoms with Crippen molar-refractivity contribution in [3.05, 3.63) is 65.2 Å². The third kappa shape index (κ3) is 2.89. The summed E-state index contributed by atoms with van der Waals surface area (Å²) >= 11 is 0. The fourth-order valence-electron chi connectivity index (χ4n) is 3.75. The molecule has 2 nitrogen and oxygen atoms in total. The lowest BCUT2D eigenvalue weighted by atomic mass is 10.1. The number of likely N-dealkylation sites (tertiary alicyclic amines) is 1. The molecule has 2 aromatic carbocycles. The van der Waals surface area contributed by atoms with Crippen LogP contribution in [0.3, 0.4) is 0 Å². The summed E-state index contributed by atoms with van der Waals surface area (Å²) in [7, 11) is 0. The average molecular weight is 293 g/mol. The molecule has 22 heavy (non-hydrogen) atoms. The molecule has 2 aliphatic rings. The van der Waals surface area contributed by atoms with Gasteiger partial charge < -0.3 is 4.74 Å². The zero-order valence-electron chi connectivity index (χ0n) is 13.0. The van der Waals surface area contributed by atoms with E-state index in [0.717, 1.165) is 31.8 Å². The highest BCUT2D eigenvalue weighted by atomic mass is 16.5. The van der Waals surface area contributed by atoms with Crippen molar-refractivity contribution >= 4 is 0 Å². The maximum absolute atomic E-state index is 6.34. The largest absolute Gasteiger partial charge is 0.489 e. The Morgan fingerprint density at radius 2 is 1.91 bits per heavy atom. The van der Waals surface area contributed by atoms with Gasteiger partial charge in [0.2, 0.25) is 0 Å². The first-order valence-corrected chi connectivity index (χ1v) is 8.42. The van der Waals surface area contributed by atoms with Crippen molar-refractivity contribution in [2.75, 3.05) is 13.1 Å². The van der Waals surface area contributed by atoms with Crippen molar-refractivity contribution in [3.8, 4) is 5.75 Å². The zero-order chi connectivity index (χ0) is 14.8. The van der Waals surface area contributed by atoms with Crippen molar-refractivity contribution in [3.63, 3.8) is 0 Å². The lowest BCUT2D eigenvalue weighted by Gasteiger charge is -2.18. The Morgan fingerprint density at radius 1 is 1.00 bits per heavy atom. The number of nitrogens with zero attached hydrogens (tertiary/aromatic N) is 1. The van der Waals surface area contributed by atoms with Gasteiger partial charge in [0.25, 0.3) is 0 Å². The van der Waals surface area contributed by atoms with Crippen LogP contribution in [0, 0.1) is 0 Å². The van der Waals surface area contributed by atoms with Crippen molar-refractivity contribution < 1.29 is 4.74 Å². The van der Waals surface area contributed by atoms with Gasteiger partial charge in [0.1, 0.15) is 11.9 Å². The minimum atomic E-state index is 0.343.